The molecule has 2 amide bonds. The number of hydrogen-bond donors (Lipinski definition) is 1. The van der Waals surface area contributed by atoms with E-state index in [2.05, 4.69) is 5.32 Å². The van der Waals surface area contributed by atoms with Crippen LogP contribution in [0.1, 0.15) is 36.0 Å². The molecule has 1 saturated heterocycles. The summed E-state index contributed by atoms with van der Waals surface area (Å²) >= 11 is 0. The largest absolute Gasteiger partial charge is 0.486 e. The Morgan fingerprint density at radius 1 is 1.00 bits per heavy atom. The van der Waals surface area contributed by atoms with Crippen LogP contribution in [0.4, 0.5) is 5.69 Å². The first-order valence-electron chi connectivity index (χ1n) is 9.77. The summed E-state index contributed by atoms with van der Waals surface area (Å²) in [5.41, 5.74) is 1.35. The zero-order chi connectivity index (χ0) is 19.3. The molecular formula is C22H24N2O4. The van der Waals surface area contributed by atoms with Gasteiger partial charge in [-0.15, -0.1) is 0 Å². The van der Waals surface area contributed by atoms with Gasteiger partial charge in [0.25, 0.3) is 5.91 Å². The van der Waals surface area contributed by atoms with Crippen molar-refractivity contribution in [3.63, 3.8) is 0 Å². The molecule has 2 aromatic rings. The Morgan fingerprint density at radius 3 is 2.46 bits per heavy atom. The molecule has 2 aliphatic heterocycles. The van der Waals surface area contributed by atoms with Gasteiger partial charge in [-0.2, -0.15) is 0 Å². The summed E-state index contributed by atoms with van der Waals surface area (Å²) in [6.45, 7) is 2.10. The number of rotatable bonds is 5. The van der Waals surface area contributed by atoms with Gasteiger partial charge < -0.3 is 19.7 Å². The van der Waals surface area contributed by atoms with E-state index in [0.29, 0.717) is 30.7 Å². The molecule has 0 aliphatic carbocycles. The van der Waals surface area contributed by atoms with Crippen molar-refractivity contribution in [2.45, 2.75) is 31.8 Å². The fourth-order valence-electron chi connectivity index (χ4n) is 3.52. The van der Waals surface area contributed by atoms with Gasteiger partial charge in [0.1, 0.15) is 12.7 Å². The van der Waals surface area contributed by atoms with E-state index in [1.165, 1.54) is 0 Å². The first kappa shape index (κ1) is 18.3. The standard InChI is InChI=1S/C22H24N2O4/c25-21(12-11-18-15-27-19-5-1-2-6-20(19)28-18)23-17-9-7-16(8-10-17)22(26)24-13-3-4-14-24/h1-2,5-10,18H,3-4,11-15H2,(H,23,25)/t18-/m0/s1. The number of carbonyl (C=O) groups excluding carboxylic acids is 2. The average Bonchev–Trinajstić information content (AvgIpc) is 3.27. The monoisotopic (exact) mass is 380 g/mol. The predicted molar refractivity (Wildman–Crippen MR) is 106 cm³/mol. The fraction of sp³-hybridized carbons (Fsp3) is 0.364. The molecule has 146 valence electrons. The van der Waals surface area contributed by atoms with Crippen LogP contribution in [0, 0.1) is 0 Å². The van der Waals surface area contributed by atoms with E-state index in [-0.39, 0.29) is 17.9 Å². The van der Waals surface area contributed by atoms with Crippen LogP contribution in [0.2, 0.25) is 0 Å². The van der Waals surface area contributed by atoms with Crippen molar-refractivity contribution in [1.82, 2.24) is 4.90 Å². The van der Waals surface area contributed by atoms with Crippen molar-refractivity contribution >= 4 is 17.5 Å². The van der Waals surface area contributed by atoms with Gasteiger partial charge in [-0.25, -0.2) is 0 Å². The Kier molecular flexibility index (Phi) is 5.46. The molecule has 2 aromatic carbocycles. The van der Waals surface area contributed by atoms with Gasteiger partial charge in [-0.1, -0.05) is 12.1 Å². The van der Waals surface area contributed by atoms with E-state index in [9.17, 15) is 9.59 Å². The SMILES string of the molecule is O=C(CC[C@H]1COc2ccccc2O1)Nc1ccc(C(=O)N2CCCC2)cc1. The summed E-state index contributed by atoms with van der Waals surface area (Å²) in [5, 5.41) is 2.88. The third-order valence-corrected chi connectivity index (χ3v) is 5.07. The Balaban J connectivity index is 1.25. The van der Waals surface area contributed by atoms with Gasteiger partial charge in [-0.3, -0.25) is 9.59 Å². The minimum Gasteiger partial charge on any atom is -0.486 e. The summed E-state index contributed by atoms with van der Waals surface area (Å²) in [4.78, 5) is 26.5. The quantitative estimate of drug-likeness (QED) is 0.862. The van der Waals surface area contributed by atoms with E-state index < -0.39 is 0 Å². The van der Waals surface area contributed by atoms with Crippen molar-refractivity contribution < 1.29 is 19.1 Å². The van der Waals surface area contributed by atoms with E-state index in [4.69, 9.17) is 9.47 Å². The first-order valence-corrected chi connectivity index (χ1v) is 9.77. The summed E-state index contributed by atoms with van der Waals surface area (Å²) in [6, 6.07) is 14.6. The number of hydrogen-bond acceptors (Lipinski definition) is 4. The topological polar surface area (TPSA) is 67.9 Å². The van der Waals surface area contributed by atoms with Crippen LogP contribution in [0.25, 0.3) is 0 Å². The van der Waals surface area contributed by atoms with Gasteiger partial charge in [0.15, 0.2) is 11.5 Å². The summed E-state index contributed by atoms with van der Waals surface area (Å²) in [7, 11) is 0. The maximum absolute atomic E-state index is 12.4. The van der Waals surface area contributed by atoms with E-state index in [1.807, 2.05) is 29.2 Å². The molecule has 1 fully saturated rings. The minimum absolute atomic E-state index is 0.0603. The lowest BCUT2D eigenvalue weighted by Gasteiger charge is -2.26. The number of carbonyl (C=O) groups is 2. The molecule has 2 aliphatic rings. The molecule has 1 atom stereocenters. The normalized spacial score (nSPS) is 18.0. The number of anilines is 1. The Morgan fingerprint density at radius 2 is 1.71 bits per heavy atom. The molecule has 6 nitrogen and oxygen atoms in total. The van der Waals surface area contributed by atoms with Crippen molar-refractivity contribution in [1.29, 1.82) is 0 Å². The van der Waals surface area contributed by atoms with Crippen LogP contribution < -0.4 is 14.8 Å². The highest BCUT2D eigenvalue weighted by Gasteiger charge is 2.22. The van der Waals surface area contributed by atoms with Gasteiger partial charge in [0, 0.05) is 30.8 Å². The molecule has 1 N–H and O–H groups in total. The Labute approximate surface area is 164 Å². The summed E-state index contributed by atoms with van der Waals surface area (Å²) in [5.74, 6) is 1.44. The number of amides is 2. The van der Waals surface area contributed by atoms with Crippen LogP contribution in [-0.4, -0.2) is 42.5 Å². The minimum atomic E-state index is -0.138. The molecule has 0 unspecified atom stereocenters. The molecular weight excluding hydrogens is 356 g/mol. The zero-order valence-corrected chi connectivity index (χ0v) is 15.7. The number of benzene rings is 2. The molecule has 0 radical (unpaired) electrons. The zero-order valence-electron chi connectivity index (χ0n) is 15.7. The number of fused-ring (bicyclic) bond motifs is 1. The molecule has 28 heavy (non-hydrogen) atoms. The van der Waals surface area contributed by atoms with E-state index in [0.717, 1.165) is 37.4 Å². The average molecular weight is 380 g/mol. The van der Waals surface area contributed by atoms with Gasteiger partial charge in [-0.05, 0) is 55.7 Å². The van der Waals surface area contributed by atoms with Crippen molar-refractivity contribution in [3.05, 3.63) is 54.1 Å². The highest BCUT2D eigenvalue weighted by atomic mass is 16.6. The third kappa shape index (κ3) is 4.27. The van der Waals surface area contributed by atoms with Gasteiger partial charge >= 0.3 is 0 Å². The first-order chi connectivity index (χ1) is 13.7. The van der Waals surface area contributed by atoms with Gasteiger partial charge in [0.2, 0.25) is 5.91 Å². The maximum Gasteiger partial charge on any atom is 0.253 e. The molecule has 0 saturated carbocycles. The molecule has 2 heterocycles. The van der Waals surface area contributed by atoms with Crippen LogP contribution in [0.3, 0.4) is 0 Å². The number of ether oxygens (including phenoxy) is 2. The van der Waals surface area contributed by atoms with Crippen molar-refractivity contribution in [3.8, 4) is 11.5 Å². The number of likely N-dealkylation sites (tertiary alicyclic amines) is 1. The molecule has 0 spiro atoms. The second kappa shape index (κ2) is 8.33. The lowest BCUT2D eigenvalue weighted by molar-refractivity contribution is -0.116. The molecule has 0 bridgehead atoms. The molecule has 6 heteroatoms. The highest BCUT2D eigenvalue weighted by molar-refractivity contribution is 5.96. The molecule has 4 rings (SSSR count). The summed E-state index contributed by atoms with van der Waals surface area (Å²) < 4.78 is 11.5. The number of para-hydroxylation sites is 2. The second-order valence-corrected chi connectivity index (χ2v) is 7.16. The maximum atomic E-state index is 12.4. The fourth-order valence-corrected chi connectivity index (χ4v) is 3.52. The second-order valence-electron chi connectivity index (χ2n) is 7.16. The number of nitrogens with one attached hydrogen (secondary N) is 1. The Hall–Kier alpha value is -3.02. The van der Waals surface area contributed by atoms with Crippen molar-refractivity contribution in [2.75, 3.05) is 25.0 Å². The van der Waals surface area contributed by atoms with Crippen molar-refractivity contribution in [2.24, 2.45) is 0 Å². The number of nitrogens with zero attached hydrogens (tertiary/aromatic N) is 1. The predicted octanol–water partition coefficient (Wildman–Crippen LogP) is 3.48. The molecule has 0 aromatic heterocycles. The van der Waals surface area contributed by atoms with Gasteiger partial charge in [0.05, 0.1) is 0 Å². The highest BCUT2D eigenvalue weighted by Crippen LogP contribution is 2.31. The van der Waals surface area contributed by atoms with E-state index in [1.54, 1.807) is 24.3 Å². The third-order valence-electron chi connectivity index (χ3n) is 5.07. The van der Waals surface area contributed by atoms with Crippen LogP contribution >= 0.6 is 0 Å². The summed E-state index contributed by atoms with van der Waals surface area (Å²) in [6.07, 6.45) is 2.92. The Bertz CT molecular complexity index is 844. The lowest BCUT2D eigenvalue weighted by Crippen LogP contribution is -2.30. The van der Waals surface area contributed by atoms with Crippen LogP contribution in [0.5, 0.6) is 11.5 Å². The smallest absolute Gasteiger partial charge is 0.253 e. The van der Waals surface area contributed by atoms with Crippen LogP contribution in [-0.2, 0) is 4.79 Å². The lowest BCUT2D eigenvalue weighted by atomic mass is 10.1. The van der Waals surface area contributed by atoms with E-state index >= 15 is 0 Å². The van der Waals surface area contributed by atoms with Crippen LogP contribution in [0.15, 0.2) is 48.5 Å².